The van der Waals surface area contributed by atoms with E-state index in [1.54, 1.807) is 0 Å². The second-order valence-electron chi connectivity index (χ2n) is 5.31. The first-order chi connectivity index (χ1) is 8.52. The molecule has 1 aliphatic heterocycles. The van der Waals surface area contributed by atoms with Crippen molar-refractivity contribution in [2.75, 3.05) is 5.32 Å². The molecular formula is C15H21NO2. The number of aliphatic hydroxyl groups excluding tert-OH is 1. The van der Waals surface area contributed by atoms with Crippen molar-refractivity contribution in [2.45, 2.75) is 46.1 Å². The van der Waals surface area contributed by atoms with E-state index in [0.717, 1.165) is 29.7 Å². The van der Waals surface area contributed by atoms with Gasteiger partial charge in [-0.3, -0.25) is 4.79 Å². The molecule has 1 heterocycles. The van der Waals surface area contributed by atoms with E-state index < -0.39 is 6.10 Å². The van der Waals surface area contributed by atoms with Gasteiger partial charge in [0.25, 0.3) is 0 Å². The summed E-state index contributed by atoms with van der Waals surface area (Å²) in [5.41, 5.74) is 4.08. The van der Waals surface area contributed by atoms with Crippen molar-refractivity contribution in [3.05, 3.63) is 28.8 Å². The van der Waals surface area contributed by atoms with Gasteiger partial charge >= 0.3 is 0 Å². The number of fused-ring (bicyclic) bond motifs is 1. The van der Waals surface area contributed by atoms with Gasteiger partial charge in [0, 0.05) is 17.7 Å². The molecular weight excluding hydrogens is 226 g/mol. The molecule has 0 fully saturated rings. The monoisotopic (exact) mass is 247 g/mol. The number of carbonyl (C=O) groups excluding carboxylic acids is 1. The molecule has 3 nitrogen and oxygen atoms in total. The van der Waals surface area contributed by atoms with E-state index in [4.69, 9.17) is 0 Å². The van der Waals surface area contributed by atoms with E-state index in [2.05, 4.69) is 18.3 Å². The molecule has 0 radical (unpaired) electrons. The molecule has 98 valence electrons. The van der Waals surface area contributed by atoms with E-state index in [9.17, 15) is 9.90 Å². The molecule has 0 aliphatic carbocycles. The first kappa shape index (κ1) is 13.1. The Morgan fingerprint density at radius 1 is 1.33 bits per heavy atom. The minimum absolute atomic E-state index is 0.0453. The van der Waals surface area contributed by atoms with E-state index in [1.165, 1.54) is 5.56 Å². The normalized spacial score (nSPS) is 16.4. The molecule has 1 amide bonds. The Morgan fingerprint density at radius 2 is 2.06 bits per heavy atom. The SMILES string of the molecule is CCc1cc2c(c(C(O)C(C)C)c1)NC(=O)CC2. The summed E-state index contributed by atoms with van der Waals surface area (Å²) in [6.45, 7) is 6.08. The Morgan fingerprint density at radius 3 is 2.67 bits per heavy atom. The van der Waals surface area contributed by atoms with Gasteiger partial charge in [-0.2, -0.15) is 0 Å². The van der Waals surface area contributed by atoms with Gasteiger partial charge in [0.2, 0.25) is 5.91 Å². The van der Waals surface area contributed by atoms with Crippen LogP contribution < -0.4 is 5.32 Å². The van der Waals surface area contributed by atoms with Crippen molar-refractivity contribution < 1.29 is 9.90 Å². The Kier molecular flexibility index (Phi) is 3.71. The highest BCUT2D eigenvalue weighted by Crippen LogP contribution is 2.35. The first-order valence-electron chi connectivity index (χ1n) is 6.66. The highest BCUT2D eigenvalue weighted by atomic mass is 16.3. The van der Waals surface area contributed by atoms with Gasteiger partial charge in [-0.25, -0.2) is 0 Å². The van der Waals surface area contributed by atoms with Gasteiger partial charge in [0.1, 0.15) is 0 Å². The topological polar surface area (TPSA) is 49.3 Å². The Balaban J connectivity index is 2.51. The zero-order chi connectivity index (χ0) is 13.3. The van der Waals surface area contributed by atoms with Gasteiger partial charge in [-0.05, 0) is 29.9 Å². The van der Waals surface area contributed by atoms with Gasteiger partial charge < -0.3 is 10.4 Å². The van der Waals surface area contributed by atoms with E-state index >= 15 is 0 Å². The molecule has 3 heteroatoms. The summed E-state index contributed by atoms with van der Waals surface area (Å²) in [6, 6.07) is 4.17. The van der Waals surface area contributed by atoms with Crippen LogP contribution in [0.1, 0.15) is 50.0 Å². The summed E-state index contributed by atoms with van der Waals surface area (Å²) in [6.07, 6.45) is 1.73. The smallest absolute Gasteiger partial charge is 0.224 e. The number of amides is 1. The van der Waals surface area contributed by atoms with Crippen LogP contribution in [0.25, 0.3) is 0 Å². The summed E-state index contributed by atoms with van der Waals surface area (Å²) in [4.78, 5) is 11.5. The largest absolute Gasteiger partial charge is 0.388 e. The number of nitrogens with one attached hydrogen (secondary N) is 1. The predicted molar refractivity (Wildman–Crippen MR) is 72.6 cm³/mol. The molecule has 2 rings (SSSR count). The summed E-state index contributed by atoms with van der Waals surface area (Å²) in [7, 11) is 0. The molecule has 1 aromatic rings. The highest BCUT2D eigenvalue weighted by Gasteiger charge is 2.23. The fourth-order valence-corrected chi connectivity index (χ4v) is 2.39. The molecule has 1 atom stereocenters. The molecule has 0 saturated heterocycles. The molecule has 18 heavy (non-hydrogen) atoms. The number of carbonyl (C=O) groups is 1. The van der Waals surface area contributed by atoms with Crippen LogP contribution in [0.4, 0.5) is 5.69 Å². The Labute approximate surface area is 108 Å². The van der Waals surface area contributed by atoms with Crippen molar-refractivity contribution in [3.63, 3.8) is 0 Å². The molecule has 1 unspecified atom stereocenters. The van der Waals surface area contributed by atoms with Crippen molar-refractivity contribution in [1.82, 2.24) is 0 Å². The second-order valence-corrected chi connectivity index (χ2v) is 5.31. The van der Waals surface area contributed by atoms with Crippen LogP contribution in [0.2, 0.25) is 0 Å². The minimum Gasteiger partial charge on any atom is -0.388 e. The lowest BCUT2D eigenvalue weighted by atomic mass is 9.89. The van der Waals surface area contributed by atoms with E-state index in [1.807, 2.05) is 19.9 Å². The van der Waals surface area contributed by atoms with Crippen LogP contribution in [-0.2, 0) is 17.6 Å². The second kappa shape index (κ2) is 5.11. The Bertz CT molecular complexity index is 466. The quantitative estimate of drug-likeness (QED) is 0.863. The number of rotatable bonds is 3. The standard InChI is InChI=1S/C15H21NO2/c1-4-10-7-11-5-6-13(17)16-14(11)12(8-10)15(18)9(2)3/h7-9,15,18H,4-6H2,1-3H3,(H,16,17). The fourth-order valence-electron chi connectivity index (χ4n) is 2.39. The third-order valence-corrected chi connectivity index (χ3v) is 3.55. The van der Waals surface area contributed by atoms with Crippen LogP contribution in [0, 0.1) is 5.92 Å². The lowest BCUT2D eigenvalue weighted by Gasteiger charge is -2.25. The van der Waals surface area contributed by atoms with E-state index in [-0.39, 0.29) is 11.8 Å². The zero-order valence-electron chi connectivity index (χ0n) is 11.3. The molecule has 0 saturated carbocycles. The first-order valence-corrected chi connectivity index (χ1v) is 6.66. The number of benzene rings is 1. The maximum atomic E-state index is 11.5. The zero-order valence-corrected chi connectivity index (χ0v) is 11.3. The fraction of sp³-hybridized carbons (Fsp3) is 0.533. The molecule has 1 aromatic carbocycles. The maximum absolute atomic E-state index is 11.5. The number of hydrogen-bond acceptors (Lipinski definition) is 2. The summed E-state index contributed by atoms with van der Waals surface area (Å²) in [5.74, 6) is 0.184. The highest BCUT2D eigenvalue weighted by molar-refractivity contribution is 5.95. The van der Waals surface area contributed by atoms with E-state index in [0.29, 0.717) is 6.42 Å². The van der Waals surface area contributed by atoms with Crippen molar-refractivity contribution in [2.24, 2.45) is 5.92 Å². The molecule has 1 aliphatic rings. The van der Waals surface area contributed by atoms with Gasteiger partial charge in [-0.15, -0.1) is 0 Å². The van der Waals surface area contributed by atoms with Gasteiger partial charge in [-0.1, -0.05) is 32.9 Å². The van der Waals surface area contributed by atoms with Crippen LogP contribution in [-0.4, -0.2) is 11.0 Å². The van der Waals surface area contributed by atoms with Crippen LogP contribution >= 0.6 is 0 Å². The summed E-state index contributed by atoms with van der Waals surface area (Å²) >= 11 is 0. The van der Waals surface area contributed by atoms with Crippen LogP contribution in [0.5, 0.6) is 0 Å². The lowest BCUT2D eigenvalue weighted by Crippen LogP contribution is -2.22. The number of aliphatic hydroxyl groups is 1. The van der Waals surface area contributed by atoms with Crippen molar-refractivity contribution in [1.29, 1.82) is 0 Å². The average molecular weight is 247 g/mol. The maximum Gasteiger partial charge on any atom is 0.224 e. The molecule has 2 N–H and O–H groups in total. The number of hydrogen-bond donors (Lipinski definition) is 2. The third kappa shape index (κ3) is 2.41. The van der Waals surface area contributed by atoms with Gasteiger partial charge in [0.15, 0.2) is 0 Å². The predicted octanol–water partition coefficient (Wildman–Crippen LogP) is 2.82. The van der Waals surface area contributed by atoms with Crippen molar-refractivity contribution in [3.8, 4) is 0 Å². The summed E-state index contributed by atoms with van der Waals surface area (Å²) in [5, 5.41) is 13.2. The number of aryl methyl sites for hydroxylation is 2. The molecule has 0 spiro atoms. The minimum atomic E-state index is -0.524. The molecule has 0 bridgehead atoms. The van der Waals surface area contributed by atoms with Crippen LogP contribution in [0.15, 0.2) is 12.1 Å². The van der Waals surface area contributed by atoms with Crippen LogP contribution in [0.3, 0.4) is 0 Å². The van der Waals surface area contributed by atoms with Gasteiger partial charge in [0.05, 0.1) is 6.10 Å². The van der Waals surface area contributed by atoms with Crippen molar-refractivity contribution >= 4 is 11.6 Å². The third-order valence-electron chi connectivity index (χ3n) is 3.55. The average Bonchev–Trinajstić information content (AvgIpc) is 2.36. The Hall–Kier alpha value is -1.35. The molecule has 0 aromatic heterocycles. The lowest BCUT2D eigenvalue weighted by molar-refractivity contribution is -0.116. The summed E-state index contributed by atoms with van der Waals surface area (Å²) < 4.78 is 0. The number of anilines is 1.